The Hall–Kier alpha value is -0.840. The van der Waals surface area contributed by atoms with E-state index in [9.17, 15) is 8.42 Å². The summed E-state index contributed by atoms with van der Waals surface area (Å²) in [5, 5.41) is 1.91. The molecular weight excluding hydrogens is 356 g/mol. The molecule has 0 bridgehead atoms. The summed E-state index contributed by atoms with van der Waals surface area (Å²) in [6.45, 7) is 3.14. The Balaban J connectivity index is 1.66. The number of nitrogens with zero attached hydrogens (tertiary/aromatic N) is 1. The average molecular weight is 375 g/mol. The van der Waals surface area contributed by atoms with E-state index in [2.05, 4.69) is 9.71 Å². The van der Waals surface area contributed by atoms with Gasteiger partial charge in [0.05, 0.1) is 36.6 Å². The zero-order valence-corrected chi connectivity index (χ0v) is 15.0. The number of sulfonamides is 1. The van der Waals surface area contributed by atoms with E-state index in [0.717, 1.165) is 10.6 Å². The summed E-state index contributed by atoms with van der Waals surface area (Å²) in [5.41, 5.74) is 2.59. The van der Waals surface area contributed by atoms with Gasteiger partial charge >= 0.3 is 0 Å². The molecule has 0 unspecified atom stereocenters. The first kappa shape index (κ1) is 17.0. The quantitative estimate of drug-likeness (QED) is 0.838. The fourth-order valence-corrected chi connectivity index (χ4v) is 5.47. The molecular formula is C14H18N2O4S3. The molecule has 1 fully saturated rings. The van der Waals surface area contributed by atoms with E-state index < -0.39 is 10.0 Å². The average Bonchev–Trinajstić information content (AvgIpc) is 3.17. The minimum absolute atomic E-state index is 0.296. The Morgan fingerprint density at radius 1 is 1.48 bits per heavy atom. The van der Waals surface area contributed by atoms with E-state index in [-0.39, 0.29) is 12.1 Å². The largest absolute Gasteiger partial charge is 0.379 e. The molecule has 0 aliphatic carbocycles. The van der Waals surface area contributed by atoms with Gasteiger partial charge in [0.25, 0.3) is 0 Å². The van der Waals surface area contributed by atoms with Crippen molar-refractivity contribution in [2.24, 2.45) is 0 Å². The summed E-state index contributed by atoms with van der Waals surface area (Å²) in [7, 11) is -3.52. The molecule has 9 heteroatoms. The van der Waals surface area contributed by atoms with Gasteiger partial charge in [0.2, 0.25) is 10.0 Å². The molecule has 2 aromatic rings. The maximum absolute atomic E-state index is 12.5. The van der Waals surface area contributed by atoms with Crippen LogP contribution in [0.5, 0.6) is 0 Å². The number of aryl methyl sites for hydroxylation is 1. The van der Waals surface area contributed by atoms with Crippen molar-refractivity contribution < 1.29 is 17.9 Å². The fourth-order valence-electron chi connectivity index (χ4n) is 2.33. The number of hydrogen-bond donors (Lipinski definition) is 1. The van der Waals surface area contributed by atoms with E-state index in [1.54, 1.807) is 17.6 Å². The zero-order valence-electron chi connectivity index (χ0n) is 12.6. The van der Waals surface area contributed by atoms with Crippen LogP contribution in [-0.2, 0) is 26.1 Å². The molecule has 23 heavy (non-hydrogen) atoms. The van der Waals surface area contributed by atoms with Crippen LogP contribution in [0, 0.1) is 6.92 Å². The predicted molar refractivity (Wildman–Crippen MR) is 89.3 cm³/mol. The monoisotopic (exact) mass is 374 g/mol. The van der Waals surface area contributed by atoms with Crippen LogP contribution in [0.1, 0.15) is 17.0 Å². The molecule has 0 radical (unpaired) electrons. The number of ether oxygens (including phenoxy) is 2. The molecule has 1 aliphatic heterocycles. The van der Waals surface area contributed by atoms with E-state index >= 15 is 0 Å². The second-order valence-electron chi connectivity index (χ2n) is 5.29. The van der Waals surface area contributed by atoms with E-state index in [0.29, 0.717) is 30.5 Å². The number of hydrogen-bond acceptors (Lipinski definition) is 7. The highest BCUT2D eigenvalue weighted by Crippen LogP contribution is 2.22. The third-order valence-electron chi connectivity index (χ3n) is 3.52. The topological polar surface area (TPSA) is 77.5 Å². The van der Waals surface area contributed by atoms with Gasteiger partial charge < -0.3 is 9.47 Å². The smallest absolute Gasteiger partial charge is 0.250 e. The third kappa shape index (κ3) is 4.37. The Bertz CT molecular complexity index is 727. The molecule has 0 aromatic carbocycles. The third-order valence-corrected chi connectivity index (χ3v) is 7.14. The van der Waals surface area contributed by atoms with Crippen molar-refractivity contribution in [3.63, 3.8) is 0 Å². The van der Waals surface area contributed by atoms with Crippen LogP contribution in [0.4, 0.5) is 0 Å². The predicted octanol–water partition coefficient (Wildman–Crippen LogP) is 2.17. The molecule has 3 heterocycles. The van der Waals surface area contributed by atoms with Crippen LogP contribution in [0.3, 0.4) is 0 Å². The maximum atomic E-state index is 12.5. The molecule has 0 amide bonds. The van der Waals surface area contributed by atoms with Gasteiger partial charge in [0.1, 0.15) is 4.21 Å². The molecule has 2 aromatic heterocycles. The van der Waals surface area contributed by atoms with Gasteiger partial charge in [0.15, 0.2) is 0 Å². The van der Waals surface area contributed by atoms with E-state index in [1.807, 2.05) is 12.3 Å². The van der Waals surface area contributed by atoms with Gasteiger partial charge in [0, 0.05) is 16.9 Å². The minimum Gasteiger partial charge on any atom is -0.379 e. The van der Waals surface area contributed by atoms with Crippen molar-refractivity contribution in [2.45, 2.75) is 36.3 Å². The lowest BCUT2D eigenvalue weighted by Crippen LogP contribution is -2.49. The van der Waals surface area contributed by atoms with Gasteiger partial charge in [-0.3, -0.25) is 0 Å². The zero-order chi connectivity index (χ0) is 16.3. The first-order valence-electron chi connectivity index (χ1n) is 7.20. The normalized spacial score (nSPS) is 22.3. The number of aromatic nitrogens is 1. The van der Waals surface area contributed by atoms with Crippen LogP contribution in [0.2, 0.25) is 0 Å². The van der Waals surface area contributed by atoms with Crippen molar-refractivity contribution >= 4 is 32.7 Å². The van der Waals surface area contributed by atoms with E-state index in [1.165, 1.54) is 22.7 Å². The van der Waals surface area contributed by atoms with Crippen molar-refractivity contribution in [3.8, 4) is 0 Å². The van der Waals surface area contributed by atoms with Gasteiger partial charge in [-0.15, -0.1) is 22.7 Å². The molecule has 126 valence electrons. The summed E-state index contributed by atoms with van der Waals surface area (Å²) in [6.07, 6.45) is 0.270. The second kappa shape index (κ2) is 7.37. The van der Waals surface area contributed by atoms with Crippen LogP contribution < -0.4 is 4.72 Å². The molecule has 1 saturated heterocycles. The molecule has 1 aliphatic rings. The van der Waals surface area contributed by atoms with Crippen LogP contribution in [0.15, 0.2) is 27.2 Å². The SMILES string of the molecule is Cc1ccc(S(=O)(=O)N[C@@H]2CCOC[C@H]2OCc2cscn2)s1. The number of nitrogens with one attached hydrogen (secondary N) is 1. The van der Waals surface area contributed by atoms with Crippen molar-refractivity contribution in [1.82, 2.24) is 9.71 Å². The van der Waals surface area contributed by atoms with Gasteiger partial charge in [-0.25, -0.2) is 18.1 Å². The van der Waals surface area contributed by atoms with E-state index in [4.69, 9.17) is 9.47 Å². The highest BCUT2D eigenvalue weighted by atomic mass is 32.2. The number of rotatable bonds is 6. The Labute approximate surface area is 143 Å². The second-order valence-corrected chi connectivity index (χ2v) is 9.23. The fraction of sp³-hybridized carbons (Fsp3) is 0.500. The van der Waals surface area contributed by atoms with Crippen LogP contribution >= 0.6 is 22.7 Å². The summed E-state index contributed by atoms with van der Waals surface area (Å²) >= 11 is 2.77. The molecule has 6 nitrogen and oxygen atoms in total. The van der Waals surface area contributed by atoms with Crippen LogP contribution in [0.25, 0.3) is 0 Å². The van der Waals surface area contributed by atoms with Gasteiger partial charge in [-0.1, -0.05) is 0 Å². The maximum Gasteiger partial charge on any atom is 0.250 e. The Morgan fingerprint density at radius 2 is 2.35 bits per heavy atom. The first-order chi connectivity index (χ1) is 11.0. The van der Waals surface area contributed by atoms with Crippen molar-refractivity contribution in [2.75, 3.05) is 13.2 Å². The Morgan fingerprint density at radius 3 is 3.04 bits per heavy atom. The molecule has 0 saturated carbocycles. The number of thiophene rings is 1. The molecule has 1 N–H and O–H groups in total. The minimum atomic E-state index is -3.52. The summed E-state index contributed by atoms with van der Waals surface area (Å²) in [6, 6.07) is 3.14. The lowest BCUT2D eigenvalue weighted by atomic mass is 10.1. The standard InChI is InChI=1S/C14H18N2O4S3/c1-10-2-3-14(22-10)23(17,18)16-12-4-5-19-7-13(12)20-6-11-8-21-9-15-11/h2-3,8-9,12-13,16H,4-7H2,1H3/t12-,13-/m1/s1. The molecule has 2 atom stereocenters. The lowest BCUT2D eigenvalue weighted by Gasteiger charge is -2.31. The highest BCUT2D eigenvalue weighted by molar-refractivity contribution is 7.91. The summed E-state index contributed by atoms with van der Waals surface area (Å²) in [4.78, 5) is 5.13. The lowest BCUT2D eigenvalue weighted by molar-refractivity contribution is -0.0717. The number of thiazole rings is 1. The Kier molecular flexibility index (Phi) is 5.45. The van der Waals surface area contributed by atoms with Crippen LogP contribution in [-0.4, -0.2) is 38.8 Å². The highest BCUT2D eigenvalue weighted by Gasteiger charge is 2.31. The summed E-state index contributed by atoms with van der Waals surface area (Å²) < 4.78 is 39.3. The molecule has 0 spiro atoms. The molecule has 3 rings (SSSR count). The van der Waals surface area contributed by atoms with Gasteiger partial charge in [-0.05, 0) is 25.5 Å². The summed E-state index contributed by atoms with van der Waals surface area (Å²) in [5.74, 6) is 0. The first-order valence-corrected chi connectivity index (χ1v) is 10.4. The van der Waals surface area contributed by atoms with Crippen molar-refractivity contribution in [1.29, 1.82) is 0 Å². The van der Waals surface area contributed by atoms with Gasteiger partial charge in [-0.2, -0.15) is 0 Å². The van der Waals surface area contributed by atoms with Crippen molar-refractivity contribution in [3.05, 3.63) is 33.6 Å².